The SMILES string of the molecule is CC1=C(C)C(=O)OC(C(O)C2CCC3C4CC=C5C(O)C=CC(=O)C5(C)C4CCC23C)C1. The molecule has 1 aliphatic heterocycles. The van der Waals surface area contributed by atoms with E-state index < -0.39 is 23.7 Å². The summed E-state index contributed by atoms with van der Waals surface area (Å²) in [6.07, 6.45) is 8.83. The van der Waals surface area contributed by atoms with Crippen LogP contribution in [0.3, 0.4) is 0 Å². The van der Waals surface area contributed by atoms with Gasteiger partial charge in [-0.25, -0.2) is 4.79 Å². The van der Waals surface area contributed by atoms with Crippen LogP contribution in [0.15, 0.2) is 34.9 Å². The molecule has 5 aliphatic rings. The number of ketones is 1. The number of aliphatic hydroxyl groups excluding tert-OH is 2. The number of carbonyl (C=O) groups is 2. The molecule has 4 aliphatic carbocycles. The number of cyclic esters (lactones) is 1. The van der Waals surface area contributed by atoms with Gasteiger partial charge in [-0.1, -0.05) is 18.6 Å². The number of hydrogen-bond acceptors (Lipinski definition) is 5. The van der Waals surface area contributed by atoms with Crippen molar-refractivity contribution in [1.82, 2.24) is 0 Å². The number of esters is 1. The molecule has 0 spiro atoms. The van der Waals surface area contributed by atoms with E-state index in [2.05, 4.69) is 13.0 Å². The highest BCUT2D eigenvalue weighted by Gasteiger charge is 2.62. The summed E-state index contributed by atoms with van der Waals surface area (Å²) in [5.41, 5.74) is 1.90. The van der Waals surface area contributed by atoms with Gasteiger partial charge in [0, 0.05) is 12.0 Å². The third kappa shape index (κ3) is 2.89. The highest BCUT2D eigenvalue weighted by molar-refractivity contribution is 5.99. The van der Waals surface area contributed by atoms with Crippen molar-refractivity contribution in [3.63, 3.8) is 0 Å². The van der Waals surface area contributed by atoms with E-state index in [1.165, 1.54) is 0 Å². The van der Waals surface area contributed by atoms with Gasteiger partial charge in [0.15, 0.2) is 5.78 Å². The number of hydrogen-bond donors (Lipinski definition) is 2. The van der Waals surface area contributed by atoms with Crippen molar-refractivity contribution in [2.24, 2.45) is 34.5 Å². The summed E-state index contributed by atoms with van der Waals surface area (Å²) in [6.45, 7) is 8.09. The first kappa shape index (κ1) is 22.1. The summed E-state index contributed by atoms with van der Waals surface area (Å²) in [4.78, 5) is 25.3. The topological polar surface area (TPSA) is 83.8 Å². The average Bonchev–Trinajstić information content (AvgIpc) is 3.11. The molecule has 0 radical (unpaired) electrons. The fourth-order valence-corrected chi connectivity index (χ4v) is 8.18. The maximum atomic E-state index is 13.1. The fraction of sp³-hybridized carbons (Fsp3) is 0.704. The number of allylic oxidation sites excluding steroid dienone is 2. The van der Waals surface area contributed by atoms with E-state index in [0.717, 1.165) is 43.3 Å². The standard InChI is InChI=1S/C27H36O5/c1-14-13-22(32-25(31)15(14)2)24(30)20-8-7-17-16-5-6-19-21(28)9-10-23(29)27(19,4)18(16)11-12-26(17,20)3/h6,9-10,16-18,20-22,24,28,30H,5,7-8,11-13H2,1-4H3. The summed E-state index contributed by atoms with van der Waals surface area (Å²) in [5, 5.41) is 22.0. The van der Waals surface area contributed by atoms with Crippen LogP contribution in [0.5, 0.6) is 0 Å². The fourth-order valence-electron chi connectivity index (χ4n) is 8.18. The molecule has 0 aromatic heterocycles. The van der Waals surface area contributed by atoms with Gasteiger partial charge in [0.1, 0.15) is 6.10 Å². The van der Waals surface area contributed by atoms with E-state index in [1.54, 1.807) is 19.1 Å². The molecule has 9 unspecified atom stereocenters. The third-order valence-electron chi connectivity index (χ3n) is 10.2. The minimum Gasteiger partial charge on any atom is -0.456 e. The van der Waals surface area contributed by atoms with E-state index in [9.17, 15) is 19.8 Å². The minimum atomic E-state index is -0.667. The Kier molecular flexibility index (Phi) is 5.10. The Labute approximate surface area is 190 Å². The van der Waals surface area contributed by atoms with E-state index in [1.807, 2.05) is 13.8 Å². The Morgan fingerprint density at radius 2 is 1.88 bits per heavy atom. The second-order valence-electron chi connectivity index (χ2n) is 11.4. The van der Waals surface area contributed by atoms with Crippen LogP contribution in [0.25, 0.3) is 0 Å². The van der Waals surface area contributed by atoms with Gasteiger partial charge >= 0.3 is 5.97 Å². The molecule has 32 heavy (non-hydrogen) atoms. The number of ether oxygens (including phenoxy) is 1. The Bertz CT molecular complexity index is 944. The van der Waals surface area contributed by atoms with Gasteiger partial charge in [-0.15, -0.1) is 0 Å². The Balaban J connectivity index is 1.41. The quantitative estimate of drug-likeness (QED) is 0.503. The van der Waals surface area contributed by atoms with Gasteiger partial charge in [-0.3, -0.25) is 4.79 Å². The minimum absolute atomic E-state index is 0.0367. The van der Waals surface area contributed by atoms with Crippen LogP contribution < -0.4 is 0 Å². The molecule has 2 saturated carbocycles. The molecule has 1 heterocycles. The lowest BCUT2D eigenvalue weighted by atomic mass is 9.47. The molecule has 5 heteroatoms. The molecule has 0 amide bonds. The zero-order chi connectivity index (χ0) is 23.0. The normalized spacial score (nSPS) is 46.8. The number of rotatable bonds is 2. The summed E-state index contributed by atoms with van der Waals surface area (Å²) in [7, 11) is 0. The number of fused-ring (bicyclic) bond motifs is 5. The molecule has 0 bridgehead atoms. The van der Waals surface area contributed by atoms with E-state index in [-0.39, 0.29) is 29.0 Å². The van der Waals surface area contributed by atoms with E-state index >= 15 is 0 Å². The van der Waals surface area contributed by atoms with Crippen molar-refractivity contribution >= 4 is 11.8 Å². The zero-order valence-electron chi connectivity index (χ0n) is 19.6. The van der Waals surface area contributed by atoms with Gasteiger partial charge < -0.3 is 14.9 Å². The lowest BCUT2D eigenvalue weighted by molar-refractivity contribution is -0.159. The van der Waals surface area contributed by atoms with Crippen molar-refractivity contribution < 1.29 is 24.5 Å². The zero-order valence-corrected chi connectivity index (χ0v) is 19.6. The molecule has 0 aromatic carbocycles. The maximum Gasteiger partial charge on any atom is 0.334 e. The first-order valence-electron chi connectivity index (χ1n) is 12.3. The summed E-state index contributed by atoms with van der Waals surface area (Å²) in [6, 6.07) is 0. The monoisotopic (exact) mass is 440 g/mol. The van der Waals surface area contributed by atoms with Crippen LogP contribution in [0.1, 0.15) is 66.2 Å². The van der Waals surface area contributed by atoms with Gasteiger partial charge in [0.05, 0.1) is 17.6 Å². The van der Waals surface area contributed by atoms with Crippen LogP contribution in [-0.4, -0.2) is 40.3 Å². The molecule has 5 rings (SSSR count). The van der Waals surface area contributed by atoms with Gasteiger partial charge in [0.25, 0.3) is 0 Å². The Hall–Kier alpha value is -1.72. The van der Waals surface area contributed by atoms with Crippen LogP contribution in [0.4, 0.5) is 0 Å². The van der Waals surface area contributed by atoms with Crippen molar-refractivity contribution in [3.8, 4) is 0 Å². The first-order valence-corrected chi connectivity index (χ1v) is 12.3. The predicted molar refractivity (Wildman–Crippen MR) is 120 cm³/mol. The molecular formula is C27H36O5. The summed E-state index contributed by atoms with van der Waals surface area (Å²) >= 11 is 0. The molecular weight excluding hydrogens is 404 g/mol. The van der Waals surface area contributed by atoms with Crippen molar-refractivity contribution in [3.05, 3.63) is 34.9 Å². The first-order chi connectivity index (χ1) is 15.1. The predicted octanol–water partition coefficient (Wildman–Crippen LogP) is 3.89. The lowest BCUT2D eigenvalue weighted by Gasteiger charge is -2.57. The Morgan fingerprint density at radius 3 is 2.59 bits per heavy atom. The van der Waals surface area contributed by atoms with Crippen LogP contribution in [0, 0.1) is 34.5 Å². The Morgan fingerprint density at radius 1 is 1.12 bits per heavy atom. The molecule has 0 aromatic rings. The lowest BCUT2D eigenvalue weighted by Crippen LogP contribution is -2.55. The van der Waals surface area contributed by atoms with E-state index in [0.29, 0.717) is 23.8 Å². The highest BCUT2D eigenvalue weighted by Crippen LogP contribution is 2.66. The summed E-state index contributed by atoms with van der Waals surface area (Å²) in [5.74, 6) is 0.923. The molecule has 2 fully saturated rings. The smallest absolute Gasteiger partial charge is 0.334 e. The van der Waals surface area contributed by atoms with Crippen LogP contribution >= 0.6 is 0 Å². The van der Waals surface area contributed by atoms with Crippen molar-refractivity contribution in [2.45, 2.75) is 84.5 Å². The molecule has 174 valence electrons. The molecule has 5 nitrogen and oxygen atoms in total. The van der Waals surface area contributed by atoms with E-state index in [4.69, 9.17) is 4.74 Å². The van der Waals surface area contributed by atoms with Gasteiger partial charge in [-0.05, 0) is 99.7 Å². The van der Waals surface area contributed by atoms with Crippen molar-refractivity contribution in [1.29, 1.82) is 0 Å². The second kappa shape index (κ2) is 7.39. The molecule has 2 N–H and O–H groups in total. The van der Waals surface area contributed by atoms with Crippen molar-refractivity contribution in [2.75, 3.05) is 0 Å². The second-order valence-corrected chi connectivity index (χ2v) is 11.4. The molecule has 9 atom stereocenters. The number of carbonyl (C=O) groups excluding carboxylic acids is 2. The van der Waals surface area contributed by atoms with Crippen LogP contribution in [-0.2, 0) is 14.3 Å². The number of aliphatic hydroxyl groups is 2. The largest absolute Gasteiger partial charge is 0.456 e. The highest BCUT2D eigenvalue weighted by atomic mass is 16.6. The maximum absolute atomic E-state index is 13.1. The van der Waals surface area contributed by atoms with Gasteiger partial charge in [-0.2, -0.15) is 0 Å². The summed E-state index contributed by atoms with van der Waals surface area (Å²) < 4.78 is 5.65. The average molecular weight is 441 g/mol. The van der Waals surface area contributed by atoms with Crippen LogP contribution in [0.2, 0.25) is 0 Å². The van der Waals surface area contributed by atoms with Gasteiger partial charge in [0.2, 0.25) is 0 Å². The third-order valence-corrected chi connectivity index (χ3v) is 10.2. The molecule has 0 saturated heterocycles.